The Morgan fingerprint density at radius 2 is 1.36 bits per heavy atom. The van der Waals surface area contributed by atoms with Crippen molar-refractivity contribution >= 4 is 25.3 Å². The van der Waals surface area contributed by atoms with Crippen LogP contribution in [0, 0.1) is 5.92 Å². The normalized spacial score (nSPS) is 22.9. The summed E-state index contributed by atoms with van der Waals surface area (Å²) in [4.78, 5) is 0. The Hall–Kier alpha value is 0.580. The van der Waals surface area contributed by atoms with E-state index in [0.29, 0.717) is 5.92 Å². The molecule has 1 saturated heterocycles. The lowest BCUT2D eigenvalue weighted by molar-refractivity contribution is -0.468. The quantitative estimate of drug-likeness (QED) is 0.173. The predicted molar refractivity (Wildman–Crippen MR) is 113 cm³/mol. The minimum atomic E-state index is -0.759. The smallest absolute Gasteiger partial charge is 0.288 e. The summed E-state index contributed by atoms with van der Waals surface area (Å²) in [6.07, 6.45) is 14.3. The summed E-state index contributed by atoms with van der Waals surface area (Å²) in [5.41, 5.74) is 0. The van der Waals surface area contributed by atoms with Gasteiger partial charge in [-0.2, -0.15) is 25.3 Å². The summed E-state index contributed by atoms with van der Waals surface area (Å²) >= 11 is 8.57. The van der Waals surface area contributed by atoms with E-state index >= 15 is 0 Å². The van der Waals surface area contributed by atoms with Crippen molar-refractivity contribution in [3.05, 3.63) is 0 Å². The molecule has 0 saturated carbocycles. The third-order valence-electron chi connectivity index (χ3n) is 4.85. The van der Waals surface area contributed by atoms with Gasteiger partial charge in [0.15, 0.2) is 0 Å². The van der Waals surface area contributed by atoms with E-state index in [1.165, 1.54) is 51.4 Å². The van der Waals surface area contributed by atoms with E-state index in [1.54, 1.807) is 0 Å². The van der Waals surface area contributed by atoms with Crippen LogP contribution in [0.25, 0.3) is 0 Å². The number of thiol groups is 2. The van der Waals surface area contributed by atoms with Crippen molar-refractivity contribution in [3.63, 3.8) is 0 Å². The van der Waals surface area contributed by atoms with Gasteiger partial charge in [0.1, 0.15) is 0 Å². The highest BCUT2D eigenvalue weighted by molar-refractivity contribution is 7.80. The standard InChI is InChI=1S/C20H40O3S2/c1-2-3-4-5-9-14-21-20(22-15-10-6-7-11-16-24)19(18-23-20)13-8-12-17-25/h19,24-25H,2-18H2,1H3. The van der Waals surface area contributed by atoms with Crippen molar-refractivity contribution in [3.8, 4) is 0 Å². The van der Waals surface area contributed by atoms with E-state index in [1.807, 2.05) is 0 Å². The van der Waals surface area contributed by atoms with Gasteiger partial charge in [0.25, 0.3) is 5.97 Å². The molecular weight excluding hydrogens is 352 g/mol. The Morgan fingerprint density at radius 3 is 1.88 bits per heavy atom. The largest absolute Gasteiger partial charge is 0.327 e. The number of ether oxygens (including phenoxy) is 3. The molecule has 0 N–H and O–H groups in total. The van der Waals surface area contributed by atoms with Gasteiger partial charge in [-0.25, -0.2) is 0 Å². The molecule has 25 heavy (non-hydrogen) atoms. The second-order valence-electron chi connectivity index (χ2n) is 7.08. The molecule has 0 aromatic rings. The molecule has 5 heteroatoms. The molecular formula is C20H40O3S2. The molecule has 150 valence electrons. The fourth-order valence-electron chi connectivity index (χ4n) is 3.16. The third-order valence-corrected chi connectivity index (χ3v) is 5.49. The summed E-state index contributed by atoms with van der Waals surface area (Å²) in [7, 11) is 0. The van der Waals surface area contributed by atoms with E-state index in [9.17, 15) is 0 Å². The zero-order valence-electron chi connectivity index (χ0n) is 16.2. The first kappa shape index (κ1) is 23.6. The van der Waals surface area contributed by atoms with Crippen molar-refractivity contribution in [2.24, 2.45) is 5.92 Å². The van der Waals surface area contributed by atoms with Gasteiger partial charge in [0.05, 0.1) is 25.7 Å². The molecule has 0 bridgehead atoms. The Bertz CT molecular complexity index is 287. The second kappa shape index (κ2) is 15.6. The van der Waals surface area contributed by atoms with Crippen LogP contribution in [-0.4, -0.2) is 37.3 Å². The maximum Gasteiger partial charge on any atom is 0.288 e. The van der Waals surface area contributed by atoms with Crippen LogP contribution in [0.1, 0.15) is 84.0 Å². The molecule has 1 heterocycles. The molecule has 2 atom stereocenters. The average Bonchev–Trinajstić information content (AvgIpc) is 2.61. The molecule has 0 radical (unpaired) electrons. The fraction of sp³-hybridized carbons (Fsp3) is 1.00. The van der Waals surface area contributed by atoms with Crippen LogP contribution in [-0.2, 0) is 14.2 Å². The van der Waals surface area contributed by atoms with Crippen LogP contribution in [0.3, 0.4) is 0 Å². The highest BCUT2D eigenvalue weighted by Gasteiger charge is 2.51. The minimum absolute atomic E-state index is 0.375. The first-order valence-electron chi connectivity index (χ1n) is 10.4. The fourth-order valence-corrected chi connectivity index (χ4v) is 3.61. The molecule has 0 amide bonds. The van der Waals surface area contributed by atoms with Gasteiger partial charge in [-0.1, -0.05) is 51.9 Å². The maximum absolute atomic E-state index is 6.14. The lowest BCUT2D eigenvalue weighted by Crippen LogP contribution is -2.57. The molecule has 1 rings (SSSR count). The molecule has 0 aromatic carbocycles. The van der Waals surface area contributed by atoms with Crippen molar-refractivity contribution in [2.45, 2.75) is 89.9 Å². The molecule has 0 spiro atoms. The van der Waals surface area contributed by atoms with Gasteiger partial charge in [-0.15, -0.1) is 0 Å². The summed E-state index contributed by atoms with van der Waals surface area (Å²) in [5, 5.41) is 0. The second-order valence-corrected chi connectivity index (χ2v) is 7.97. The maximum atomic E-state index is 6.14. The Labute approximate surface area is 166 Å². The molecule has 2 unspecified atom stereocenters. The SMILES string of the molecule is CCCCCCCOC1(OCCCCCCS)OCC1CCCCS. The molecule has 0 aromatic heterocycles. The van der Waals surface area contributed by atoms with Crippen LogP contribution in [0.2, 0.25) is 0 Å². The van der Waals surface area contributed by atoms with Gasteiger partial charge in [0.2, 0.25) is 0 Å². The van der Waals surface area contributed by atoms with Crippen molar-refractivity contribution in [2.75, 3.05) is 31.3 Å². The minimum Gasteiger partial charge on any atom is -0.327 e. The molecule has 0 aliphatic carbocycles. The third kappa shape index (κ3) is 9.90. The Balaban J connectivity index is 2.30. The van der Waals surface area contributed by atoms with Crippen molar-refractivity contribution in [1.82, 2.24) is 0 Å². The van der Waals surface area contributed by atoms with E-state index in [0.717, 1.165) is 57.0 Å². The van der Waals surface area contributed by atoms with Crippen LogP contribution in [0.5, 0.6) is 0 Å². The van der Waals surface area contributed by atoms with Crippen LogP contribution in [0.15, 0.2) is 0 Å². The number of rotatable bonds is 18. The predicted octanol–water partition coefficient (Wildman–Crippen LogP) is 5.88. The lowest BCUT2D eigenvalue weighted by atomic mass is 9.95. The average molecular weight is 393 g/mol. The summed E-state index contributed by atoms with van der Waals surface area (Å²) in [5.74, 6) is 1.54. The highest BCUT2D eigenvalue weighted by atomic mass is 32.1. The first-order chi connectivity index (χ1) is 12.3. The lowest BCUT2D eigenvalue weighted by Gasteiger charge is -2.47. The number of hydrogen-bond donors (Lipinski definition) is 2. The zero-order chi connectivity index (χ0) is 18.2. The zero-order valence-corrected chi connectivity index (χ0v) is 18.0. The molecule has 1 fully saturated rings. The Morgan fingerprint density at radius 1 is 0.800 bits per heavy atom. The van der Waals surface area contributed by atoms with E-state index < -0.39 is 5.97 Å². The van der Waals surface area contributed by atoms with Crippen LogP contribution >= 0.6 is 25.3 Å². The van der Waals surface area contributed by atoms with Crippen LogP contribution < -0.4 is 0 Å². The first-order valence-corrected chi connectivity index (χ1v) is 11.7. The van der Waals surface area contributed by atoms with E-state index in [2.05, 4.69) is 32.2 Å². The van der Waals surface area contributed by atoms with Crippen LogP contribution in [0.4, 0.5) is 0 Å². The van der Waals surface area contributed by atoms with Gasteiger partial charge in [-0.05, 0) is 43.6 Å². The molecule has 1 aliphatic heterocycles. The van der Waals surface area contributed by atoms with E-state index in [-0.39, 0.29) is 0 Å². The van der Waals surface area contributed by atoms with Crippen molar-refractivity contribution < 1.29 is 14.2 Å². The van der Waals surface area contributed by atoms with Gasteiger partial charge in [-0.3, -0.25) is 0 Å². The van der Waals surface area contributed by atoms with E-state index in [4.69, 9.17) is 14.2 Å². The monoisotopic (exact) mass is 392 g/mol. The number of unbranched alkanes of at least 4 members (excludes halogenated alkanes) is 8. The summed E-state index contributed by atoms with van der Waals surface area (Å²) < 4.78 is 18.1. The number of hydrogen-bond acceptors (Lipinski definition) is 5. The topological polar surface area (TPSA) is 27.7 Å². The highest BCUT2D eigenvalue weighted by Crippen LogP contribution is 2.39. The van der Waals surface area contributed by atoms with Gasteiger partial charge in [0, 0.05) is 0 Å². The summed E-state index contributed by atoms with van der Waals surface area (Å²) in [6, 6.07) is 0. The van der Waals surface area contributed by atoms with Crippen molar-refractivity contribution in [1.29, 1.82) is 0 Å². The van der Waals surface area contributed by atoms with Gasteiger partial charge < -0.3 is 14.2 Å². The Kier molecular flexibility index (Phi) is 14.8. The molecule has 1 aliphatic rings. The van der Waals surface area contributed by atoms with Gasteiger partial charge >= 0.3 is 0 Å². The molecule has 3 nitrogen and oxygen atoms in total. The summed E-state index contributed by atoms with van der Waals surface area (Å²) in [6.45, 7) is 4.48.